The van der Waals surface area contributed by atoms with Crippen LogP contribution in [0.4, 0.5) is 0 Å². The molecule has 2 heterocycles. The Morgan fingerprint density at radius 1 is 1.26 bits per heavy atom. The summed E-state index contributed by atoms with van der Waals surface area (Å²) in [6.45, 7) is 5.06. The van der Waals surface area contributed by atoms with Gasteiger partial charge in [0.05, 0.1) is 0 Å². The zero-order valence-electron chi connectivity index (χ0n) is 13.1. The minimum absolute atomic E-state index is 0.377. The van der Waals surface area contributed by atoms with Gasteiger partial charge < -0.3 is 4.42 Å². The SMILES string of the molecule is Cc1ccc2oc([C@@H]3CCN(Cc4cccc(Cl)c4)C3)nc2c1. The van der Waals surface area contributed by atoms with Crippen molar-refractivity contribution in [3.63, 3.8) is 0 Å². The number of aryl methyl sites for hydroxylation is 1. The van der Waals surface area contributed by atoms with Gasteiger partial charge in [-0.1, -0.05) is 29.8 Å². The van der Waals surface area contributed by atoms with Crippen molar-refractivity contribution < 1.29 is 4.42 Å². The topological polar surface area (TPSA) is 29.3 Å². The fraction of sp³-hybridized carbons (Fsp3) is 0.316. The van der Waals surface area contributed by atoms with E-state index in [4.69, 9.17) is 21.0 Å². The average Bonchev–Trinajstić information content (AvgIpc) is 3.13. The number of benzene rings is 2. The Morgan fingerprint density at radius 3 is 3.04 bits per heavy atom. The van der Waals surface area contributed by atoms with E-state index in [9.17, 15) is 0 Å². The van der Waals surface area contributed by atoms with E-state index in [0.717, 1.165) is 48.1 Å². The molecule has 0 unspecified atom stereocenters. The van der Waals surface area contributed by atoms with Gasteiger partial charge in [0.25, 0.3) is 0 Å². The molecular weight excluding hydrogens is 308 g/mol. The number of rotatable bonds is 3. The Hall–Kier alpha value is -1.84. The molecule has 1 aliphatic rings. The van der Waals surface area contributed by atoms with E-state index in [1.807, 2.05) is 24.3 Å². The van der Waals surface area contributed by atoms with Crippen LogP contribution in [0.1, 0.15) is 29.4 Å². The third kappa shape index (κ3) is 3.12. The Balaban J connectivity index is 1.48. The van der Waals surface area contributed by atoms with E-state index in [0.29, 0.717) is 5.92 Å². The number of hydrogen-bond acceptors (Lipinski definition) is 3. The summed E-state index contributed by atoms with van der Waals surface area (Å²) in [4.78, 5) is 7.14. The van der Waals surface area contributed by atoms with Gasteiger partial charge in [-0.15, -0.1) is 0 Å². The predicted molar refractivity (Wildman–Crippen MR) is 92.8 cm³/mol. The molecule has 1 atom stereocenters. The first-order valence-electron chi connectivity index (χ1n) is 8.01. The fourth-order valence-electron chi connectivity index (χ4n) is 3.30. The zero-order chi connectivity index (χ0) is 15.8. The second-order valence-corrected chi connectivity index (χ2v) is 6.81. The number of likely N-dealkylation sites (tertiary alicyclic amines) is 1. The minimum atomic E-state index is 0.377. The molecule has 0 saturated carbocycles. The second kappa shape index (κ2) is 5.99. The summed E-state index contributed by atoms with van der Waals surface area (Å²) in [5, 5.41) is 0.799. The van der Waals surface area contributed by atoms with Crippen LogP contribution in [0.5, 0.6) is 0 Å². The van der Waals surface area contributed by atoms with Gasteiger partial charge in [0, 0.05) is 24.0 Å². The van der Waals surface area contributed by atoms with E-state index >= 15 is 0 Å². The molecule has 23 heavy (non-hydrogen) atoms. The maximum Gasteiger partial charge on any atom is 0.199 e. The highest BCUT2D eigenvalue weighted by molar-refractivity contribution is 6.30. The number of nitrogens with zero attached hydrogens (tertiary/aromatic N) is 2. The second-order valence-electron chi connectivity index (χ2n) is 6.37. The van der Waals surface area contributed by atoms with Gasteiger partial charge in [-0.25, -0.2) is 4.98 Å². The van der Waals surface area contributed by atoms with Gasteiger partial charge in [0.2, 0.25) is 0 Å². The lowest BCUT2D eigenvalue weighted by Crippen LogP contribution is -2.19. The monoisotopic (exact) mass is 326 g/mol. The maximum atomic E-state index is 6.07. The Kier molecular flexibility index (Phi) is 3.83. The van der Waals surface area contributed by atoms with Gasteiger partial charge in [-0.05, 0) is 55.3 Å². The summed E-state index contributed by atoms with van der Waals surface area (Å²) in [6.07, 6.45) is 1.09. The van der Waals surface area contributed by atoms with Crippen LogP contribution in [-0.4, -0.2) is 23.0 Å². The van der Waals surface area contributed by atoms with Crippen molar-refractivity contribution in [2.45, 2.75) is 25.8 Å². The molecule has 0 N–H and O–H groups in total. The summed E-state index contributed by atoms with van der Waals surface area (Å²) in [6, 6.07) is 14.3. The molecule has 0 amide bonds. The summed E-state index contributed by atoms with van der Waals surface area (Å²) in [7, 11) is 0. The van der Waals surface area contributed by atoms with Gasteiger partial charge in [0.1, 0.15) is 5.52 Å². The van der Waals surface area contributed by atoms with Crippen molar-refractivity contribution in [2.75, 3.05) is 13.1 Å². The highest BCUT2D eigenvalue weighted by Gasteiger charge is 2.27. The number of hydrogen-bond donors (Lipinski definition) is 0. The van der Waals surface area contributed by atoms with E-state index < -0.39 is 0 Å². The molecule has 1 aliphatic heterocycles. The quantitative estimate of drug-likeness (QED) is 0.693. The van der Waals surface area contributed by atoms with E-state index in [2.05, 4.69) is 30.0 Å². The smallest absolute Gasteiger partial charge is 0.199 e. The zero-order valence-corrected chi connectivity index (χ0v) is 13.9. The minimum Gasteiger partial charge on any atom is -0.440 e. The molecule has 3 nitrogen and oxygen atoms in total. The largest absolute Gasteiger partial charge is 0.440 e. The first-order chi connectivity index (χ1) is 11.2. The molecule has 4 rings (SSSR count). The molecule has 1 fully saturated rings. The first kappa shape index (κ1) is 14.7. The predicted octanol–water partition coefficient (Wildman–Crippen LogP) is 4.78. The third-order valence-electron chi connectivity index (χ3n) is 4.48. The fourth-order valence-corrected chi connectivity index (χ4v) is 3.51. The Morgan fingerprint density at radius 2 is 2.17 bits per heavy atom. The molecule has 0 spiro atoms. The van der Waals surface area contributed by atoms with Crippen molar-refractivity contribution in [1.82, 2.24) is 9.88 Å². The summed E-state index contributed by atoms with van der Waals surface area (Å²) < 4.78 is 5.97. The average molecular weight is 327 g/mol. The van der Waals surface area contributed by atoms with Crippen molar-refractivity contribution in [3.8, 4) is 0 Å². The molecule has 0 aliphatic carbocycles. The lowest BCUT2D eigenvalue weighted by Gasteiger charge is -2.15. The van der Waals surface area contributed by atoms with Gasteiger partial charge in [0.15, 0.2) is 11.5 Å². The van der Waals surface area contributed by atoms with Crippen LogP contribution in [0.25, 0.3) is 11.1 Å². The lowest BCUT2D eigenvalue weighted by molar-refractivity contribution is 0.321. The van der Waals surface area contributed by atoms with Crippen molar-refractivity contribution in [2.24, 2.45) is 0 Å². The highest BCUT2D eigenvalue weighted by Crippen LogP contribution is 2.30. The summed E-state index contributed by atoms with van der Waals surface area (Å²) >= 11 is 6.07. The van der Waals surface area contributed by atoms with E-state index in [1.165, 1.54) is 11.1 Å². The lowest BCUT2D eigenvalue weighted by atomic mass is 10.1. The Bertz CT molecular complexity index is 842. The number of aromatic nitrogens is 1. The molecule has 1 aromatic heterocycles. The maximum absolute atomic E-state index is 6.07. The van der Waals surface area contributed by atoms with Crippen LogP contribution in [0.15, 0.2) is 46.9 Å². The molecule has 3 aromatic rings. The molecule has 118 valence electrons. The van der Waals surface area contributed by atoms with Gasteiger partial charge in [-0.2, -0.15) is 0 Å². The van der Waals surface area contributed by atoms with E-state index in [1.54, 1.807) is 0 Å². The molecule has 2 aromatic carbocycles. The molecule has 4 heteroatoms. The summed E-state index contributed by atoms with van der Waals surface area (Å²) in [5.74, 6) is 1.25. The third-order valence-corrected chi connectivity index (χ3v) is 4.71. The number of oxazole rings is 1. The molecule has 1 saturated heterocycles. The Labute approximate surface area is 140 Å². The summed E-state index contributed by atoms with van der Waals surface area (Å²) in [5.41, 5.74) is 4.32. The van der Waals surface area contributed by atoms with Crippen LogP contribution in [0.3, 0.4) is 0 Å². The van der Waals surface area contributed by atoms with Crippen LogP contribution < -0.4 is 0 Å². The van der Waals surface area contributed by atoms with Crippen LogP contribution in [0.2, 0.25) is 5.02 Å². The van der Waals surface area contributed by atoms with Crippen LogP contribution in [-0.2, 0) is 6.54 Å². The van der Waals surface area contributed by atoms with Crippen molar-refractivity contribution in [1.29, 1.82) is 0 Å². The number of fused-ring (bicyclic) bond motifs is 1. The number of halogens is 1. The molecule has 0 radical (unpaired) electrons. The molecular formula is C19H19ClN2O. The molecule has 0 bridgehead atoms. The van der Waals surface area contributed by atoms with Crippen LogP contribution in [0, 0.1) is 6.92 Å². The van der Waals surface area contributed by atoms with Crippen molar-refractivity contribution in [3.05, 3.63) is 64.5 Å². The van der Waals surface area contributed by atoms with Crippen molar-refractivity contribution >= 4 is 22.7 Å². The van der Waals surface area contributed by atoms with Gasteiger partial charge in [-0.3, -0.25) is 4.90 Å². The van der Waals surface area contributed by atoms with Crippen LogP contribution >= 0.6 is 11.6 Å². The first-order valence-corrected chi connectivity index (χ1v) is 8.39. The normalized spacial score (nSPS) is 18.8. The standard InChI is InChI=1S/C19H19ClN2O/c1-13-5-6-18-17(9-13)21-19(23-18)15-7-8-22(12-15)11-14-3-2-4-16(20)10-14/h2-6,9-10,15H,7-8,11-12H2,1H3/t15-/m1/s1. The van der Waals surface area contributed by atoms with Gasteiger partial charge >= 0.3 is 0 Å². The van der Waals surface area contributed by atoms with E-state index in [-0.39, 0.29) is 0 Å². The highest BCUT2D eigenvalue weighted by atomic mass is 35.5.